The highest BCUT2D eigenvalue weighted by molar-refractivity contribution is 5.77. The van der Waals surface area contributed by atoms with Crippen molar-refractivity contribution >= 4 is 5.91 Å². The van der Waals surface area contributed by atoms with Crippen molar-refractivity contribution in [2.24, 2.45) is 5.92 Å². The highest BCUT2D eigenvalue weighted by Crippen LogP contribution is 2.27. The molecule has 2 rings (SSSR count). The summed E-state index contributed by atoms with van der Waals surface area (Å²) in [7, 11) is 1.65. The van der Waals surface area contributed by atoms with E-state index in [-0.39, 0.29) is 5.91 Å². The summed E-state index contributed by atoms with van der Waals surface area (Å²) in [5.41, 5.74) is 1.03. The fourth-order valence-corrected chi connectivity index (χ4v) is 1.96. The van der Waals surface area contributed by atoms with Crippen molar-refractivity contribution in [3.05, 3.63) is 29.8 Å². The van der Waals surface area contributed by atoms with Crippen molar-refractivity contribution in [3.63, 3.8) is 0 Å². The van der Waals surface area contributed by atoms with Gasteiger partial charge in [0.15, 0.2) is 0 Å². The maximum Gasteiger partial charge on any atom is 0.234 e. The van der Waals surface area contributed by atoms with Gasteiger partial charge in [-0.15, -0.1) is 0 Å². The van der Waals surface area contributed by atoms with Gasteiger partial charge in [0.2, 0.25) is 5.91 Å². The molecule has 1 saturated carbocycles. The molecule has 116 valence electrons. The standard InChI is InChI=1S/C16H24N2O3/c1-20-7-8-21-15-4-2-3-14(9-15)11-18-16(19)12-17-10-13-5-6-13/h2-4,9,13,17H,5-8,10-12H2,1H3,(H,18,19). The van der Waals surface area contributed by atoms with Crippen LogP contribution in [0.2, 0.25) is 0 Å². The number of carbonyl (C=O) groups is 1. The molecule has 0 aromatic heterocycles. The molecule has 0 bridgehead atoms. The predicted molar refractivity (Wildman–Crippen MR) is 81.3 cm³/mol. The number of hydrogen-bond acceptors (Lipinski definition) is 4. The quantitative estimate of drug-likeness (QED) is 0.639. The fourth-order valence-electron chi connectivity index (χ4n) is 1.96. The number of amides is 1. The molecule has 0 radical (unpaired) electrons. The van der Waals surface area contributed by atoms with E-state index < -0.39 is 0 Å². The molecule has 5 heteroatoms. The van der Waals surface area contributed by atoms with Crippen molar-refractivity contribution in [2.45, 2.75) is 19.4 Å². The summed E-state index contributed by atoms with van der Waals surface area (Å²) < 4.78 is 10.5. The van der Waals surface area contributed by atoms with Crippen LogP contribution in [0, 0.1) is 5.92 Å². The zero-order chi connectivity index (χ0) is 14.9. The lowest BCUT2D eigenvalue weighted by atomic mass is 10.2. The summed E-state index contributed by atoms with van der Waals surface area (Å²) in [6.07, 6.45) is 2.59. The summed E-state index contributed by atoms with van der Waals surface area (Å²) in [4.78, 5) is 11.7. The monoisotopic (exact) mass is 292 g/mol. The van der Waals surface area contributed by atoms with Crippen LogP contribution in [0.4, 0.5) is 0 Å². The Morgan fingerprint density at radius 3 is 2.95 bits per heavy atom. The second-order valence-corrected chi connectivity index (χ2v) is 5.34. The molecule has 5 nitrogen and oxygen atoms in total. The molecular formula is C16H24N2O3. The number of hydrogen-bond donors (Lipinski definition) is 2. The fraction of sp³-hybridized carbons (Fsp3) is 0.562. The SMILES string of the molecule is COCCOc1cccc(CNC(=O)CNCC2CC2)c1. The Bertz CT molecular complexity index is 447. The zero-order valence-corrected chi connectivity index (χ0v) is 12.6. The molecule has 0 aliphatic heterocycles. The van der Waals surface area contributed by atoms with Gasteiger partial charge >= 0.3 is 0 Å². The molecule has 0 atom stereocenters. The van der Waals surface area contributed by atoms with Gasteiger partial charge in [-0.05, 0) is 43.0 Å². The second-order valence-electron chi connectivity index (χ2n) is 5.34. The van der Waals surface area contributed by atoms with Crippen LogP contribution in [0.25, 0.3) is 0 Å². The number of nitrogens with one attached hydrogen (secondary N) is 2. The molecule has 2 N–H and O–H groups in total. The Balaban J connectivity index is 1.66. The summed E-state index contributed by atoms with van der Waals surface area (Å²) in [5.74, 6) is 1.62. The lowest BCUT2D eigenvalue weighted by Crippen LogP contribution is -2.34. The van der Waals surface area contributed by atoms with E-state index in [0.717, 1.165) is 23.8 Å². The van der Waals surface area contributed by atoms with Gasteiger partial charge in [0.1, 0.15) is 12.4 Å². The minimum Gasteiger partial charge on any atom is -0.491 e. The average molecular weight is 292 g/mol. The topological polar surface area (TPSA) is 59.6 Å². The van der Waals surface area contributed by atoms with Crippen LogP contribution in [0.1, 0.15) is 18.4 Å². The summed E-state index contributed by atoms with van der Waals surface area (Å²) in [5, 5.41) is 6.08. The molecule has 0 saturated heterocycles. The Hall–Kier alpha value is -1.59. The van der Waals surface area contributed by atoms with Gasteiger partial charge in [0.25, 0.3) is 0 Å². The van der Waals surface area contributed by atoms with Crippen LogP contribution < -0.4 is 15.4 Å². The Morgan fingerprint density at radius 2 is 2.19 bits per heavy atom. The van der Waals surface area contributed by atoms with Gasteiger partial charge in [-0.1, -0.05) is 12.1 Å². The Labute approximate surface area is 126 Å². The molecule has 1 aromatic rings. The molecular weight excluding hydrogens is 268 g/mol. The van der Waals surface area contributed by atoms with Crippen molar-refractivity contribution in [1.29, 1.82) is 0 Å². The van der Waals surface area contributed by atoms with Crippen LogP contribution in [0.5, 0.6) is 5.75 Å². The molecule has 1 aliphatic rings. The highest BCUT2D eigenvalue weighted by atomic mass is 16.5. The van der Waals surface area contributed by atoms with Crippen molar-refractivity contribution < 1.29 is 14.3 Å². The van der Waals surface area contributed by atoms with Crippen LogP contribution in [-0.4, -0.2) is 39.3 Å². The average Bonchev–Trinajstić information content (AvgIpc) is 3.30. The lowest BCUT2D eigenvalue weighted by molar-refractivity contribution is -0.120. The van der Waals surface area contributed by atoms with Crippen molar-refractivity contribution in [2.75, 3.05) is 33.4 Å². The minimum atomic E-state index is 0.0290. The van der Waals surface area contributed by atoms with Crippen molar-refractivity contribution in [1.82, 2.24) is 10.6 Å². The first-order valence-corrected chi connectivity index (χ1v) is 7.46. The molecule has 1 amide bonds. The largest absolute Gasteiger partial charge is 0.491 e. The first-order chi connectivity index (χ1) is 10.3. The van der Waals surface area contributed by atoms with Gasteiger partial charge in [0.05, 0.1) is 13.2 Å². The van der Waals surface area contributed by atoms with E-state index in [1.807, 2.05) is 24.3 Å². The number of benzene rings is 1. The van der Waals surface area contributed by atoms with Crippen molar-refractivity contribution in [3.8, 4) is 5.75 Å². The molecule has 1 aromatic carbocycles. The van der Waals surface area contributed by atoms with E-state index in [2.05, 4.69) is 10.6 Å². The Morgan fingerprint density at radius 1 is 1.33 bits per heavy atom. The van der Waals surface area contributed by atoms with E-state index in [9.17, 15) is 4.79 Å². The second kappa shape index (κ2) is 8.64. The third kappa shape index (κ3) is 6.60. The maximum atomic E-state index is 11.7. The number of ether oxygens (including phenoxy) is 2. The first kappa shape index (κ1) is 15.8. The van der Waals surface area contributed by atoms with E-state index in [4.69, 9.17) is 9.47 Å². The van der Waals surface area contributed by atoms with Gasteiger partial charge in [-0.2, -0.15) is 0 Å². The third-order valence-corrected chi connectivity index (χ3v) is 3.36. The smallest absolute Gasteiger partial charge is 0.234 e. The Kier molecular flexibility index (Phi) is 6.50. The van der Waals surface area contributed by atoms with Crippen LogP contribution in [0.3, 0.4) is 0 Å². The van der Waals surface area contributed by atoms with Gasteiger partial charge < -0.3 is 20.1 Å². The van der Waals surface area contributed by atoms with Gasteiger partial charge in [0, 0.05) is 13.7 Å². The van der Waals surface area contributed by atoms with Crippen LogP contribution in [-0.2, 0) is 16.1 Å². The summed E-state index contributed by atoms with van der Waals surface area (Å²) in [6.45, 7) is 2.95. The van der Waals surface area contributed by atoms with E-state index in [1.54, 1.807) is 7.11 Å². The highest BCUT2D eigenvalue weighted by Gasteiger charge is 2.20. The first-order valence-electron chi connectivity index (χ1n) is 7.46. The number of carbonyl (C=O) groups excluding carboxylic acids is 1. The minimum absolute atomic E-state index is 0.0290. The van der Waals surface area contributed by atoms with Gasteiger partial charge in [-0.25, -0.2) is 0 Å². The predicted octanol–water partition coefficient (Wildman–Crippen LogP) is 1.33. The molecule has 1 fully saturated rings. The maximum absolute atomic E-state index is 11.7. The summed E-state index contributed by atoms with van der Waals surface area (Å²) >= 11 is 0. The number of methoxy groups -OCH3 is 1. The molecule has 1 aliphatic carbocycles. The molecule has 21 heavy (non-hydrogen) atoms. The van der Waals surface area contributed by atoms with Crippen LogP contribution in [0.15, 0.2) is 24.3 Å². The van der Waals surface area contributed by atoms with Crippen LogP contribution >= 0.6 is 0 Å². The third-order valence-electron chi connectivity index (χ3n) is 3.36. The van der Waals surface area contributed by atoms with E-state index in [1.165, 1.54) is 12.8 Å². The van der Waals surface area contributed by atoms with Gasteiger partial charge in [-0.3, -0.25) is 4.79 Å². The summed E-state index contributed by atoms with van der Waals surface area (Å²) in [6, 6.07) is 7.74. The lowest BCUT2D eigenvalue weighted by Gasteiger charge is -2.09. The zero-order valence-electron chi connectivity index (χ0n) is 12.6. The normalized spacial score (nSPS) is 14.0. The molecule has 0 spiro atoms. The molecule has 0 unspecified atom stereocenters. The molecule has 0 heterocycles. The number of rotatable bonds is 10. The van der Waals surface area contributed by atoms with E-state index >= 15 is 0 Å². The van der Waals surface area contributed by atoms with E-state index in [0.29, 0.717) is 26.3 Å².